The van der Waals surface area contributed by atoms with Gasteiger partial charge in [0, 0.05) is 5.41 Å². The van der Waals surface area contributed by atoms with Crippen LogP contribution >= 0.6 is 22.0 Å². The van der Waals surface area contributed by atoms with Gasteiger partial charge in [0.15, 0.2) is 5.78 Å². The summed E-state index contributed by atoms with van der Waals surface area (Å²) in [4.78, 5) is 11.4. The van der Waals surface area contributed by atoms with Gasteiger partial charge < -0.3 is 0 Å². The van der Waals surface area contributed by atoms with Gasteiger partial charge in [0.25, 0.3) is 0 Å². The van der Waals surface area contributed by atoms with Crippen LogP contribution in [0.4, 0.5) is 0 Å². The summed E-state index contributed by atoms with van der Waals surface area (Å²) in [5.41, 5.74) is -0.181. The normalized spacial score (nSPS) is 32.4. The molecule has 0 bridgehead atoms. The second-order valence-electron chi connectivity index (χ2n) is 3.66. The maximum atomic E-state index is 11.4. The molecule has 2 atom stereocenters. The highest BCUT2D eigenvalue weighted by atomic mass is 32.1. The molecule has 0 spiro atoms. The third kappa shape index (κ3) is 1.95. The lowest BCUT2D eigenvalue weighted by molar-refractivity contribution is -0.130. The van der Waals surface area contributed by atoms with Crippen LogP contribution in [0.15, 0.2) is 0 Å². The van der Waals surface area contributed by atoms with Gasteiger partial charge in [-0.1, -0.05) is 23.2 Å². The zero-order chi connectivity index (χ0) is 8.65. The van der Waals surface area contributed by atoms with E-state index in [4.69, 9.17) is 0 Å². The van der Waals surface area contributed by atoms with Crippen molar-refractivity contribution in [2.75, 3.05) is 6.54 Å². The molecule has 1 aliphatic heterocycles. The van der Waals surface area contributed by atoms with E-state index in [1.54, 1.807) is 0 Å². The molecule has 64 valence electrons. The highest BCUT2D eigenvalue weighted by molar-refractivity contribution is 7.81. The van der Waals surface area contributed by atoms with Crippen molar-refractivity contribution < 1.29 is 4.79 Å². The van der Waals surface area contributed by atoms with Gasteiger partial charge in [-0.3, -0.25) is 9.46 Å². The molecular weight excluding hydrogens is 177 g/mol. The van der Waals surface area contributed by atoms with Crippen LogP contribution < -0.4 is 0 Å². The van der Waals surface area contributed by atoms with Gasteiger partial charge in [0.1, 0.15) is 0 Å². The van der Waals surface area contributed by atoms with E-state index < -0.39 is 0 Å². The lowest BCUT2D eigenvalue weighted by atomic mass is 9.82. The van der Waals surface area contributed by atoms with E-state index in [0.29, 0.717) is 12.3 Å². The average molecular weight is 191 g/mol. The van der Waals surface area contributed by atoms with Crippen LogP contribution in [-0.4, -0.2) is 22.4 Å². The minimum Gasteiger partial charge on any atom is -0.298 e. The molecule has 4 heteroatoms. The fraction of sp³-hybridized carbons (Fsp3) is 0.857. The maximum absolute atomic E-state index is 11.4. The first kappa shape index (κ1) is 9.50. The van der Waals surface area contributed by atoms with Gasteiger partial charge in [-0.15, -0.1) is 0 Å². The molecule has 0 saturated carbocycles. The van der Waals surface area contributed by atoms with E-state index in [9.17, 15) is 4.79 Å². The van der Waals surface area contributed by atoms with Crippen molar-refractivity contribution >= 4 is 27.8 Å². The molecule has 1 heterocycles. The van der Waals surface area contributed by atoms with Gasteiger partial charge in [-0.2, -0.15) is 12.6 Å². The Balaban J connectivity index is 2.71. The standard InChI is InChI=1S/C7H14NOPS/c1-7(2)3-6(11)8(10)4-5(7)9/h6,11H,3-4,10H2,1-2H3. The molecule has 0 aliphatic carbocycles. The predicted octanol–water partition coefficient (Wildman–Crippen LogP) is 1.33. The Morgan fingerprint density at radius 1 is 1.73 bits per heavy atom. The second kappa shape index (κ2) is 3.04. The molecule has 11 heavy (non-hydrogen) atoms. The monoisotopic (exact) mass is 191 g/mol. The Bertz CT molecular complexity index is 183. The van der Waals surface area contributed by atoms with Crippen LogP contribution in [0, 0.1) is 5.41 Å². The maximum Gasteiger partial charge on any atom is 0.152 e. The molecule has 1 fully saturated rings. The Morgan fingerprint density at radius 3 is 2.73 bits per heavy atom. The molecule has 1 aliphatic rings. The number of hydrogen-bond donors (Lipinski definition) is 1. The van der Waals surface area contributed by atoms with Crippen molar-refractivity contribution in [3.8, 4) is 0 Å². The minimum absolute atomic E-state index is 0.181. The van der Waals surface area contributed by atoms with Gasteiger partial charge in [0.2, 0.25) is 0 Å². The minimum atomic E-state index is -0.181. The number of Topliss-reactive ketones (excluding diaryl/α,β-unsaturated/α-hetero) is 1. The van der Waals surface area contributed by atoms with Crippen LogP contribution in [-0.2, 0) is 4.79 Å². The van der Waals surface area contributed by atoms with E-state index in [0.717, 1.165) is 6.42 Å². The Labute approximate surface area is 75.4 Å². The van der Waals surface area contributed by atoms with Gasteiger partial charge in [0.05, 0.1) is 11.9 Å². The Hall–Kier alpha value is 0.410. The van der Waals surface area contributed by atoms with Crippen LogP contribution in [0.2, 0.25) is 0 Å². The first-order valence-electron chi connectivity index (χ1n) is 3.66. The summed E-state index contributed by atoms with van der Waals surface area (Å²) in [6.45, 7) is 4.47. The quantitative estimate of drug-likeness (QED) is 0.460. The number of thiol groups is 1. The Morgan fingerprint density at radius 2 is 2.27 bits per heavy atom. The van der Waals surface area contributed by atoms with Crippen molar-refractivity contribution in [3.05, 3.63) is 0 Å². The topological polar surface area (TPSA) is 20.3 Å². The number of carbonyl (C=O) groups is 1. The molecule has 0 radical (unpaired) electrons. The highest BCUT2D eigenvalue weighted by Gasteiger charge is 2.36. The first-order chi connectivity index (χ1) is 4.93. The molecule has 2 unspecified atom stereocenters. The van der Waals surface area contributed by atoms with Crippen LogP contribution in [0.1, 0.15) is 20.3 Å². The van der Waals surface area contributed by atoms with Gasteiger partial charge >= 0.3 is 0 Å². The van der Waals surface area contributed by atoms with E-state index >= 15 is 0 Å². The number of hydrogen-bond acceptors (Lipinski definition) is 3. The molecule has 0 aromatic rings. The molecule has 2 nitrogen and oxygen atoms in total. The third-order valence-corrected chi connectivity index (χ3v) is 3.43. The lowest BCUT2D eigenvalue weighted by Gasteiger charge is -2.37. The third-order valence-electron chi connectivity index (χ3n) is 2.16. The largest absolute Gasteiger partial charge is 0.298 e. The number of carbonyl (C=O) groups excluding carboxylic acids is 1. The molecule has 0 N–H and O–H groups in total. The summed E-state index contributed by atoms with van der Waals surface area (Å²) in [6.07, 6.45) is 0.832. The van der Waals surface area contributed by atoms with Crippen molar-refractivity contribution in [1.29, 1.82) is 0 Å². The molecular formula is C7H14NOPS. The fourth-order valence-corrected chi connectivity index (χ4v) is 1.98. The molecule has 0 aromatic carbocycles. The van der Waals surface area contributed by atoms with E-state index in [1.165, 1.54) is 0 Å². The summed E-state index contributed by atoms with van der Waals surface area (Å²) < 4.78 is 1.90. The van der Waals surface area contributed by atoms with Crippen molar-refractivity contribution in [2.24, 2.45) is 5.41 Å². The Kier molecular flexibility index (Phi) is 2.63. The number of rotatable bonds is 0. The molecule has 1 rings (SSSR count). The van der Waals surface area contributed by atoms with Crippen molar-refractivity contribution in [3.63, 3.8) is 0 Å². The van der Waals surface area contributed by atoms with Gasteiger partial charge in [-0.05, 0) is 6.42 Å². The summed E-state index contributed by atoms with van der Waals surface area (Å²) in [7, 11) is 2.53. The van der Waals surface area contributed by atoms with E-state index in [1.807, 2.05) is 18.5 Å². The fourth-order valence-electron chi connectivity index (χ4n) is 1.17. The van der Waals surface area contributed by atoms with Crippen molar-refractivity contribution in [2.45, 2.75) is 25.6 Å². The SMILES string of the molecule is CC1(C)CC(S)N(P)CC1=O. The smallest absolute Gasteiger partial charge is 0.152 e. The summed E-state index contributed by atoms with van der Waals surface area (Å²) in [5.74, 6) is 0.304. The zero-order valence-electron chi connectivity index (χ0n) is 6.87. The van der Waals surface area contributed by atoms with Crippen molar-refractivity contribution in [1.82, 2.24) is 4.67 Å². The van der Waals surface area contributed by atoms with Crippen LogP contribution in [0.25, 0.3) is 0 Å². The first-order valence-corrected chi connectivity index (χ1v) is 4.69. The predicted molar refractivity (Wildman–Crippen MR) is 52.6 cm³/mol. The molecule has 0 aromatic heterocycles. The average Bonchev–Trinajstić information content (AvgIpc) is 1.83. The summed E-state index contributed by atoms with van der Waals surface area (Å²) >= 11 is 4.36. The van der Waals surface area contributed by atoms with E-state index in [2.05, 4.69) is 22.0 Å². The highest BCUT2D eigenvalue weighted by Crippen LogP contribution is 2.33. The lowest BCUT2D eigenvalue weighted by Crippen LogP contribution is -2.44. The molecule has 0 amide bonds. The molecule has 1 saturated heterocycles. The van der Waals surface area contributed by atoms with Gasteiger partial charge in [-0.25, -0.2) is 0 Å². The summed E-state index contributed by atoms with van der Waals surface area (Å²) in [6, 6.07) is 0. The summed E-state index contributed by atoms with van der Waals surface area (Å²) in [5, 5.41) is 0.202. The van der Waals surface area contributed by atoms with Crippen LogP contribution in [0.3, 0.4) is 0 Å². The van der Waals surface area contributed by atoms with Crippen LogP contribution in [0.5, 0.6) is 0 Å². The zero-order valence-corrected chi connectivity index (χ0v) is 8.92. The van der Waals surface area contributed by atoms with E-state index in [-0.39, 0.29) is 10.8 Å². The number of nitrogens with zero attached hydrogens (tertiary/aromatic N) is 1. The number of ketones is 1. The number of piperidine rings is 1. The second-order valence-corrected chi connectivity index (χ2v) is 4.92.